The van der Waals surface area contributed by atoms with Crippen LogP contribution in [0.4, 0.5) is 0 Å². The Kier molecular flexibility index (Phi) is 3.88. The molecule has 17 heavy (non-hydrogen) atoms. The van der Waals surface area contributed by atoms with Gasteiger partial charge in [-0.2, -0.15) is 0 Å². The Hall–Kier alpha value is -0.820. The van der Waals surface area contributed by atoms with E-state index in [0.717, 1.165) is 24.7 Å². The highest BCUT2D eigenvalue weighted by atomic mass is 14.7. The van der Waals surface area contributed by atoms with Gasteiger partial charge < -0.3 is 5.73 Å². The largest absolute Gasteiger partial charge is 0.321 e. The van der Waals surface area contributed by atoms with Crippen LogP contribution in [0.5, 0.6) is 0 Å². The third-order valence-corrected chi connectivity index (χ3v) is 4.45. The van der Waals surface area contributed by atoms with Crippen molar-refractivity contribution in [2.24, 2.45) is 17.6 Å². The molecular weight excluding hydrogens is 206 g/mol. The zero-order valence-corrected chi connectivity index (χ0v) is 11.2. The molecule has 1 aromatic rings. The molecule has 0 aromatic heterocycles. The fourth-order valence-electron chi connectivity index (χ4n) is 3.12. The molecule has 1 aromatic carbocycles. The Balaban J connectivity index is 2.12. The fraction of sp³-hybridized carbons (Fsp3) is 0.625. The second-order valence-electron chi connectivity index (χ2n) is 5.96. The molecule has 1 saturated carbocycles. The van der Waals surface area contributed by atoms with E-state index in [1.807, 2.05) is 0 Å². The van der Waals surface area contributed by atoms with Crippen molar-refractivity contribution >= 4 is 0 Å². The third-order valence-electron chi connectivity index (χ3n) is 4.45. The van der Waals surface area contributed by atoms with Gasteiger partial charge in [0, 0.05) is 5.54 Å². The molecule has 1 aliphatic rings. The van der Waals surface area contributed by atoms with E-state index in [9.17, 15) is 0 Å². The summed E-state index contributed by atoms with van der Waals surface area (Å²) in [4.78, 5) is 0. The van der Waals surface area contributed by atoms with Crippen LogP contribution in [0.1, 0.15) is 51.5 Å². The highest BCUT2D eigenvalue weighted by molar-refractivity contribution is 5.24. The number of hydrogen-bond acceptors (Lipinski definition) is 1. The normalized spacial score (nSPS) is 30.2. The smallest absolute Gasteiger partial charge is 0.0409 e. The van der Waals surface area contributed by atoms with Crippen LogP contribution in [-0.4, -0.2) is 0 Å². The first-order valence-electron chi connectivity index (χ1n) is 6.96. The minimum atomic E-state index is -0.0785. The Morgan fingerprint density at radius 2 is 1.82 bits per heavy atom. The number of hydrogen-bond donors (Lipinski definition) is 1. The van der Waals surface area contributed by atoms with E-state index >= 15 is 0 Å². The zero-order chi connectivity index (χ0) is 12.3. The van der Waals surface area contributed by atoms with Crippen LogP contribution in [0.3, 0.4) is 0 Å². The van der Waals surface area contributed by atoms with Crippen molar-refractivity contribution in [1.29, 1.82) is 0 Å². The van der Waals surface area contributed by atoms with E-state index in [-0.39, 0.29) is 5.54 Å². The summed E-state index contributed by atoms with van der Waals surface area (Å²) in [6.45, 7) is 4.69. The summed E-state index contributed by atoms with van der Waals surface area (Å²) in [5, 5.41) is 0. The van der Waals surface area contributed by atoms with Crippen LogP contribution in [-0.2, 0) is 5.54 Å². The Morgan fingerprint density at radius 1 is 1.12 bits per heavy atom. The lowest BCUT2D eigenvalue weighted by molar-refractivity contribution is 0.325. The molecule has 1 nitrogen and oxygen atoms in total. The average molecular weight is 231 g/mol. The predicted octanol–water partition coefficient (Wildman–Crippen LogP) is 4.08. The Bertz CT molecular complexity index is 344. The molecule has 2 unspecified atom stereocenters. The molecule has 0 radical (unpaired) electrons. The van der Waals surface area contributed by atoms with Gasteiger partial charge in [0.2, 0.25) is 0 Å². The van der Waals surface area contributed by atoms with Crippen molar-refractivity contribution in [2.45, 2.75) is 51.5 Å². The first-order chi connectivity index (χ1) is 8.12. The lowest BCUT2D eigenvalue weighted by atomic mass is 9.83. The van der Waals surface area contributed by atoms with Gasteiger partial charge in [-0.15, -0.1) is 0 Å². The van der Waals surface area contributed by atoms with Crippen LogP contribution < -0.4 is 5.73 Å². The summed E-state index contributed by atoms with van der Waals surface area (Å²) >= 11 is 0. The molecule has 0 spiro atoms. The van der Waals surface area contributed by atoms with E-state index < -0.39 is 0 Å². The van der Waals surface area contributed by atoms with Crippen molar-refractivity contribution < 1.29 is 0 Å². The SMILES string of the molecule is CC(C)C1CCCC(N)(c2ccccc2)CC1. The maximum atomic E-state index is 6.64. The summed E-state index contributed by atoms with van der Waals surface area (Å²) in [6, 6.07) is 10.7. The Morgan fingerprint density at radius 3 is 2.47 bits per heavy atom. The summed E-state index contributed by atoms with van der Waals surface area (Å²) in [5.41, 5.74) is 7.89. The molecule has 0 heterocycles. The number of rotatable bonds is 2. The molecule has 2 atom stereocenters. The third kappa shape index (κ3) is 2.90. The van der Waals surface area contributed by atoms with Crippen molar-refractivity contribution in [3.8, 4) is 0 Å². The Labute approximate surface area is 105 Å². The summed E-state index contributed by atoms with van der Waals surface area (Å²) < 4.78 is 0. The maximum Gasteiger partial charge on any atom is 0.0409 e. The summed E-state index contributed by atoms with van der Waals surface area (Å²) in [6.07, 6.45) is 6.18. The van der Waals surface area contributed by atoms with E-state index in [1.165, 1.54) is 24.8 Å². The lowest BCUT2D eigenvalue weighted by Gasteiger charge is -2.29. The molecular formula is C16H25N. The molecule has 0 aliphatic heterocycles. The topological polar surface area (TPSA) is 26.0 Å². The van der Waals surface area contributed by atoms with Crippen molar-refractivity contribution in [1.82, 2.24) is 0 Å². The van der Waals surface area contributed by atoms with Crippen LogP contribution in [0.25, 0.3) is 0 Å². The van der Waals surface area contributed by atoms with Crippen LogP contribution in [0.2, 0.25) is 0 Å². The van der Waals surface area contributed by atoms with Crippen molar-refractivity contribution in [2.75, 3.05) is 0 Å². The molecule has 1 aliphatic carbocycles. The van der Waals surface area contributed by atoms with Gasteiger partial charge in [0.1, 0.15) is 0 Å². The van der Waals surface area contributed by atoms with Crippen LogP contribution in [0, 0.1) is 11.8 Å². The van der Waals surface area contributed by atoms with Gasteiger partial charge in [-0.25, -0.2) is 0 Å². The molecule has 0 amide bonds. The lowest BCUT2D eigenvalue weighted by Crippen LogP contribution is -2.36. The fourth-order valence-corrected chi connectivity index (χ4v) is 3.12. The predicted molar refractivity (Wildman–Crippen MR) is 73.7 cm³/mol. The molecule has 1 heteroatoms. The monoisotopic (exact) mass is 231 g/mol. The molecule has 2 rings (SSSR count). The van der Waals surface area contributed by atoms with Crippen LogP contribution in [0.15, 0.2) is 30.3 Å². The number of nitrogens with two attached hydrogens (primary N) is 1. The van der Waals surface area contributed by atoms with Gasteiger partial charge in [0.05, 0.1) is 0 Å². The minimum absolute atomic E-state index is 0.0785. The molecule has 2 N–H and O–H groups in total. The van der Waals surface area contributed by atoms with Crippen molar-refractivity contribution in [3.05, 3.63) is 35.9 Å². The molecule has 0 bridgehead atoms. The van der Waals surface area contributed by atoms with Gasteiger partial charge in [-0.3, -0.25) is 0 Å². The summed E-state index contributed by atoms with van der Waals surface area (Å²) in [7, 11) is 0. The van der Waals surface area contributed by atoms with Gasteiger partial charge in [0.25, 0.3) is 0 Å². The average Bonchev–Trinajstić information content (AvgIpc) is 2.54. The molecule has 94 valence electrons. The maximum absolute atomic E-state index is 6.64. The van der Waals surface area contributed by atoms with E-state index in [0.29, 0.717) is 0 Å². The van der Waals surface area contributed by atoms with E-state index in [1.54, 1.807) is 0 Å². The number of benzene rings is 1. The first-order valence-corrected chi connectivity index (χ1v) is 6.96. The van der Waals surface area contributed by atoms with Crippen LogP contribution >= 0.6 is 0 Å². The van der Waals surface area contributed by atoms with Gasteiger partial charge in [0.15, 0.2) is 0 Å². The second kappa shape index (κ2) is 5.22. The summed E-state index contributed by atoms with van der Waals surface area (Å²) in [5.74, 6) is 1.66. The quantitative estimate of drug-likeness (QED) is 0.763. The van der Waals surface area contributed by atoms with E-state index in [2.05, 4.69) is 44.2 Å². The minimum Gasteiger partial charge on any atom is -0.321 e. The zero-order valence-electron chi connectivity index (χ0n) is 11.2. The van der Waals surface area contributed by atoms with Gasteiger partial charge in [-0.1, -0.05) is 57.0 Å². The molecule has 1 fully saturated rings. The van der Waals surface area contributed by atoms with E-state index in [4.69, 9.17) is 5.73 Å². The first kappa shape index (κ1) is 12.6. The highest BCUT2D eigenvalue weighted by Crippen LogP contribution is 2.37. The van der Waals surface area contributed by atoms with Crippen molar-refractivity contribution in [3.63, 3.8) is 0 Å². The van der Waals surface area contributed by atoms with Gasteiger partial charge >= 0.3 is 0 Å². The molecule has 0 saturated heterocycles. The van der Waals surface area contributed by atoms with Gasteiger partial charge in [-0.05, 0) is 36.7 Å². The second-order valence-corrected chi connectivity index (χ2v) is 5.96. The highest BCUT2D eigenvalue weighted by Gasteiger charge is 2.31. The standard InChI is InChI=1S/C16H25N/c1-13(2)14-7-6-11-16(17,12-10-14)15-8-4-3-5-9-15/h3-5,8-9,13-14H,6-7,10-12,17H2,1-2H3.